The SMILES string of the molecule is COc1cnc(N2CCN(Cc3ccccc3Br)CC2)nc1. The standard InChI is InChI=1S/C16H19BrN4O/c1-22-14-10-18-16(19-11-14)21-8-6-20(7-9-21)12-13-4-2-3-5-15(13)17/h2-5,10-11H,6-9,12H2,1H3. The molecule has 1 aliphatic rings. The topological polar surface area (TPSA) is 41.5 Å². The van der Waals surface area contributed by atoms with Crippen molar-refractivity contribution in [2.75, 3.05) is 38.2 Å². The first-order chi connectivity index (χ1) is 10.8. The van der Waals surface area contributed by atoms with Crippen molar-refractivity contribution in [1.82, 2.24) is 14.9 Å². The number of anilines is 1. The van der Waals surface area contributed by atoms with Gasteiger partial charge in [0, 0.05) is 37.2 Å². The molecule has 6 heteroatoms. The molecule has 0 atom stereocenters. The predicted molar refractivity (Wildman–Crippen MR) is 90.2 cm³/mol. The highest BCUT2D eigenvalue weighted by Crippen LogP contribution is 2.19. The van der Waals surface area contributed by atoms with Gasteiger partial charge < -0.3 is 9.64 Å². The summed E-state index contributed by atoms with van der Waals surface area (Å²) in [6, 6.07) is 8.40. The van der Waals surface area contributed by atoms with Crippen molar-refractivity contribution >= 4 is 21.9 Å². The number of ether oxygens (including phenoxy) is 1. The lowest BCUT2D eigenvalue weighted by molar-refractivity contribution is 0.248. The first kappa shape index (κ1) is 15.2. The van der Waals surface area contributed by atoms with Crippen LogP contribution in [0.15, 0.2) is 41.1 Å². The van der Waals surface area contributed by atoms with Crippen LogP contribution in [0.1, 0.15) is 5.56 Å². The highest BCUT2D eigenvalue weighted by atomic mass is 79.9. The zero-order chi connectivity index (χ0) is 15.4. The summed E-state index contributed by atoms with van der Waals surface area (Å²) in [5.41, 5.74) is 1.33. The minimum atomic E-state index is 0.691. The number of nitrogens with zero attached hydrogens (tertiary/aromatic N) is 4. The molecule has 0 radical (unpaired) electrons. The summed E-state index contributed by atoms with van der Waals surface area (Å²) in [6.07, 6.45) is 3.44. The molecule has 0 spiro atoms. The molecule has 0 unspecified atom stereocenters. The first-order valence-electron chi connectivity index (χ1n) is 7.33. The van der Waals surface area contributed by atoms with Gasteiger partial charge in [0.05, 0.1) is 19.5 Å². The van der Waals surface area contributed by atoms with Crippen molar-refractivity contribution in [3.05, 3.63) is 46.7 Å². The van der Waals surface area contributed by atoms with E-state index < -0.39 is 0 Å². The smallest absolute Gasteiger partial charge is 0.225 e. The van der Waals surface area contributed by atoms with Crippen LogP contribution in [0.4, 0.5) is 5.95 Å². The molecule has 22 heavy (non-hydrogen) atoms. The quantitative estimate of drug-likeness (QED) is 0.835. The maximum atomic E-state index is 5.09. The number of rotatable bonds is 4. The van der Waals surface area contributed by atoms with Crippen LogP contribution in [-0.2, 0) is 6.54 Å². The van der Waals surface area contributed by atoms with Gasteiger partial charge >= 0.3 is 0 Å². The molecule has 116 valence electrons. The second kappa shape index (κ2) is 7.07. The fraction of sp³-hybridized carbons (Fsp3) is 0.375. The third kappa shape index (κ3) is 3.56. The molecule has 0 amide bonds. The fourth-order valence-corrected chi connectivity index (χ4v) is 2.96. The third-order valence-corrected chi connectivity index (χ3v) is 4.63. The highest BCUT2D eigenvalue weighted by Gasteiger charge is 2.19. The molecule has 1 aromatic carbocycles. The van der Waals surface area contributed by atoms with E-state index >= 15 is 0 Å². The van der Waals surface area contributed by atoms with E-state index in [1.165, 1.54) is 10.0 Å². The van der Waals surface area contributed by atoms with Crippen LogP contribution in [-0.4, -0.2) is 48.2 Å². The van der Waals surface area contributed by atoms with Gasteiger partial charge in [-0.3, -0.25) is 4.90 Å². The van der Waals surface area contributed by atoms with E-state index in [0.717, 1.165) is 38.7 Å². The molecule has 0 saturated carbocycles. The summed E-state index contributed by atoms with van der Waals surface area (Å²) in [5.74, 6) is 1.47. The van der Waals surface area contributed by atoms with Crippen LogP contribution in [0.5, 0.6) is 5.75 Å². The average Bonchev–Trinajstić information content (AvgIpc) is 2.58. The Labute approximate surface area is 139 Å². The molecule has 2 aromatic rings. The molecule has 5 nitrogen and oxygen atoms in total. The van der Waals surface area contributed by atoms with Crippen LogP contribution in [0.25, 0.3) is 0 Å². The van der Waals surface area contributed by atoms with Crippen molar-refractivity contribution in [1.29, 1.82) is 0 Å². The molecule has 1 fully saturated rings. The minimum Gasteiger partial charge on any atom is -0.494 e. The molecule has 0 bridgehead atoms. The molecule has 1 aromatic heterocycles. The lowest BCUT2D eigenvalue weighted by Crippen LogP contribution is -2.46. The van der Waals surface area contributed by atoms with Crippen LogP contribution >= 0.6 is 15.9 Å². The van der Waals surface area contributed by atoms with Crippen molar-refractivity contribution in [2.24, 2.45) is 0 Å². The van der Waals surface area contributed by atoms with E-state index in [2.05, 4.69) is 53.9 Å². The number of hydrogen-bond acceptors (Lipinski definition) is 5. The van der Waals surface area contributed by atoms with E-state index in [0.29, 0.717) is 5.75 Å². The molecular weight excluding hydrogens is 344 g/mol. The maximum absolute atomic E-state index is 5.09. The second-order valence-electron chi connectivity index (χ2n) is 5.28. The Morgan fingerprint density at radius 2 is 1.77 bits per heavy atom. The molecular formula is C16H19BrN4O. The minimum absolute atomic E-state index is 0.691. The predicted octanol–water partition coefficient (Wildman–Crippen LogP) is 2.57. The summed E-state index contributed by atoms with van der Waals surface area (Å²) in [4.78, 5) is 13.4. The van der Waals surface area contributed by atoms with Gasteiger partial charge in [0.15, 0.2) is 5.75 Å². The van der Waals surface area contributed by atoms with Gasteiger partial charge in [-0.25, -0.2) is 9.97 Å². The number of hydrogen-bond donors (Lipinski definition) is 0. The van der Waals surface area contributed by atoms with Gasteiger partial charge in [0.1, 0.15) is 0 Å². The van der Waals surface area contributed by atoms with Crippen LogP contribution in [0.3, 0.4) is 0 Å². The lowest BCUT2D eigenvalue weighted by Gasteiger charge is -2.34. The van der Waals surface area contributed by atoms with E-state index in [1.807, 2.05) is 6.07 Å². The zero-order valence-electron chi connectivity index (χ0n) is 12.6. The molecule has 2 heterocycles. The highest BCUT2D eigenvalue weighted by molar-refractivity contribution is 9.10. The first-order valence-corrected chi connectivity index (χ1v) is 8.12. The van der Waals surface area contributed by atoms with E-state index in [1.54, 1.807) is 19.5 Å². The number of benzene rings is 1. The monoisotopic (exact) mass is 362 g/mol. The van der Waals surface area contributed by atoms with E-state index in [4.69, 9.17) is 4.74 Å². The Morgan fingerprint density at radius 3 is 2.41 bits per heavy atom. The van der Waals surface area contributed by atoms with Gasteiger partial charge in [-0.15, -0.1) is 0 Å². The van der Waals surface area contributed by atoms with Crippen molar-refractivity contribution in [2.45, 2.75) is 6.54 Å². The Balaban J connectivity index is 1.57. The van der Waals surface area contributed by atoms with Crippen molar-refractivity contribution < 1.29 is 4.74 Å². The molecule has 0 aliphatic carbocycles. The van der Waals surface area contributed by atoms with Crippen LogP contribution in [0.2, 0.25) is 0 Å². The van der Waals surface area contributed by atoms with Gasteiger partial charge in [0.2, 0.25) is 5.95 Å². The summed E-state index contributed by atoms with van der Waals surface area (Å²) < 4.78 is 6.27. The summed E-state index contributed by atoms with van der Waals surface area (Å²) in [6.45, 7) is 4.87. The van der Waals surface area contributed by atoms with Gasteiger partial charge in [-0.2, -0.15) is 0 Å². The number of aromatic nitrogens is 2. The average molecular weight is 363 g/mol. The number of methoxy groups -OCH3 is 1. The molecule has 1 aliphatic heterocycles. The van der Waals surface area contributed by atoms with Gasteiger partial charge in [-0.05, 0) is 11.6 Å². The molecule has 0 N–H and O–H groups in total. The van der Waals surface area contributed by atoms with Crippen LogP contribution < -0.4 is 9.64 Å². The Morgan fingerprint density at radius 1 is 1.09 bits per heavy atom. The Kier molecular flexibility index (Phi) is 4.90. The summed E-state index contributed by atoms with van der Waals surface area (Å²) in [5, 5.41) is 0. The summed E-state index contributed by atoms with van der Waals surface area (Å²) >= 11 is 3.62. The maximum Gasteiger partial charge on any atom is 0.225 e. The Bertz CT molecular complexity index is 612. The third-order valence-electron chi connectivity index (χ3n) is 3.86. The van der Waals surface area contributed by atoms with E-state index in [9.17, 15) is 0 Å². The van der Waals surface area contributed by atoms with Gasteiger partial charge in [0.25, 0.3) is 0 Å². The van der Waals surface area contributed by atoms with Crippen LogP contribution in [0, 0.1) is 0 Å². The largest absolute Gasteiger partial charge is 0.494 e. The van der Waals surface area contributed by atoms with Crippen molar-refractivity contribution in [3.63, 3.8) is 0 Å². The normalized spacial score (nSPS) is 15.8. The van der Waals surface area contributed by atoms with Gasteiger partial charge in [-0.1, -0.05) is 34.1 Å². The Hall–Kier alpha value is -1.66. The molecule has 3 rings (SSSR count). The zero-order valence-corrected chi connectivity index (χ0v) is 14.2. The number of halogens is 1. The van der Waals surface area contributed by atoms with E-state index in [-0.39, 0.29) is 0 Å². The lowest BCUT2D eigenvalue weighted by atomic mass is 10.2. The summed E-state index contributed by atoms with van der Waals surface area (Å²) in [7, 11) is 1.62. The van der Waals surface area contributed by atoms with Crippen molar-refractivity contribution in [3.8, 4) is 5.75 Å². The molecule has 1 saturated heterocycles. The number of piperazine rings is 1. The fourth-order valence-electron chi connectivity index (χ4n) is 2.55. The second-order valence-corrected chi connectivity index (χ2v) is 6.13.